The number of hydrogen-bond acceptors (Lipinski definition) is 7. The molecule has 4 rings (SSSR count). The van der Waals surface area contributed by atoms with Gasteiger partial charge in [-0.2, -0.15) is 0 Å². The smallest absolute Gasteiger partial charge is 0.335 e. The first kappa shape index (κ1) is 24.7. The third-order valence-corrected chi connectivity index (χ3v) is 6.82. The van der Waals surface area contributed by atoms with Gasteiger partial charge in [0.25, 0.3) is 11.5 Å². The first-order valence-corrected chi connectivity index (χ1v) is 11.7. The molecule has 2 aromatic carbocycles. The van der Waals surface area contributed by atoms with Crippen LogP contribution in [0, 0.1) is 0 Å². The van der Waals surface area contributed by atoms with E-state index in [1.165, 1.54) is 32.4 Å². The van der Waals surface area contributed by atoms with Crippen LogP contribution in [-0.2, 0) is 6.54 Å². The molecule has 1 unspecified atom stereocenters. The van der Waals surface area contributed by atoms with Gasteiger partial charge in [0.2, 0.25) is 0 Å². The summed E-state index contributed by atoms with van der Waals surface area (Å²) >= 11 is 1.01. The van der Waals surface area contributed by atoms with Crippen LogP contribution in [0.2, 0.25) is 0 Å². The van der Waals surface area contributed by atoms with E-state index in [4.69, 9.17) is 14.6 Å². The predicted molar refractivity (Wildman–Crippen MR) is 135 cm³/mol. The highest BCUT2D eigenvalue weighted by Gasteiger charge is 2.19. The van der Waals surface area contributed by atoms with Gasteiger partial charge < -0.3 is 19.9 Å². The number of amides is 1. The van der Waals surface area contributed by atoms with E-state index in [-0.39, 0.29) is 22.4 Å². The van der Waals surface area contributed by atoms with E-state index < -0.39 is 29.2 Å². The Morgan fingerprint density at radius 2 is 1.75 bits per heavy atom. The van der Waals surface area contributed by atoms with Crippen molar-refractivity contribution in [1.82, 2.24) is 14.9 Å². The summed E-state index contributed by atoms with van der Waals surface area (Å²) in [6.07, 6.45) is 0. The number of aromatic amines is 1. The Bertz CT molecular complexity index is 1570. The number of benzene rings is 2. The van der Waals surface area contributed by atoms with Crippen molar-refractivity contribution >= 4 is 33.4 Å². The average molecular weight is 510 g/mol. The molecule has 0 saturated heterocycles. The highest BCUT2D eigenvalue weighted by atomic mass is 32.1. The van der Waals surface area contributed by atoms with E-state index in [0.29, 0.717) is 21.9 Å². The van der Waals surface area contributed by atoms with Crippen LogP contribution in [0.5, 0.6) is 11.5 Å². The van der Waals surface area contributed by atoms with Gasteiger partial charge >= 0.3 is 11.7 Å². The minimum atomic E-state index is -1.07. The molecule has 10 nitrogen and oxygen atoms in total. The fourth-order valence-electron chi connectivity index (χ4n) is 3.80. The predicted octanol–water partition coefficient (Wildman–Crippen LogP) is 3.01. The lowest BCUT2D eigenvalue weighted by Gasteiger charge is -2.14. The number of fused-ring (bicyclic) bond motifs is 1. The number of carboxylic acids is 1. The average Bonchev–Trinajstić information content (AvgIpc) is 3.31. The summed E-state index contributed by atoms with van der Waals surface area (Å²) in [6.45, 7) is 1.89. The Hall–Kier alpha value is -4.38. The molecule has 186 valence electrons. The number of methoxy groups -OCH3 is 2. The fourth-order valence-corrected chi connectivity index (χ4v) is 4.76. The number of thiophene rings is 1. The van der Waals surface area contributed by atoms with Crippen molar-refractivity contribution in [3.05, 3.63) is 90.9 Å². The molecule has 0 saturated carbocycles. The Morgan fingerprint density at radius 1 is 1.06 bits per heavy atom. The van der Waals surface area contributed by atoms with E-state index in [9.17, 15) is 19.2 Å². The number of aromatic nitrogens is 2. The quantitative estimate of drug-likeness (QED) is 0.332. The van der Waals surface area contributed by atoms with Gasteiger partial charge in [-0.05, 0) is 48.4 Å². The molecule has 1 atom stereocenters. The number of nitrogens with one attached hydrogen (secondary N) is 2. The second-order valence-electron chi connectivity index (χ2n) is 7.93. The van der Waals surface area contributed by atoms with Gasteiger partial charge in [-0.1, -0.05) is 18.2 Å². The van der Waals surface area contributed by atoms with Crippen LogP contribution < -0.4 is 26.0 Å². The standard InChI is InChI=1S/C25H23N3O7S/c1-13(15-5-7-16(8-6-15)24(31)32)28-23(30)17-11-20(36-22(17)27-25(28)33)21(29)26-12-14-4-9-18(34-2)19(10-14)35-3/h4-11,13H,12H2,1-3H3,(H,26,29)(H,27,33)(H,31,32). The van der Waals surface area contributed by atoms with E-state index in [2.05, 4.69) is 10.3 Å². The third kappa shape index (κ3) is 4.73. The Morgan fingerprint density at radius 3 is 2.39 bits per heavy atom. The number of carbonyl (C=O) groups is 2. The second-order valence-corrected chi connectivity index (χ2v) is 8.99. The SMILES string of the molecule is COc1ccc(CNC(=O)c2cc3c(=O)n(C(C)c4ccc(C(=O)O)cc4)c(=O)[nH]c3s2)cc1OC. The first-order chi connectivity index (χ1) is 17.2. The van der Waals surface area contributed by atoms with Crippen LogP contribution in [0.25, 0.3) is 10.2 Å². The topological polar surface area (TPSA) is 140 Å². The molecule has 36 heavy (non-hydrogen) atoms. The third-order valence-electron chi connectivity index (χ3n) is 5.77. The molecule has 0 aliphatic rings. The molecule has 3 N–H and O–H groups in total. The van der Waals surface area contributed by atoms with Gasteiger partial charge in [-0.25, -0.2) is 9.59 Å². The van der Waals surface area contributed by atoms with Gasteiger partial charge in [0, 0.05) is 6.54 Å². The highest BCUT2D eigenvalue weighted by Crippen LogP contribution is 2.28. The first-order valence-electron chi connectivity index (χ1n) is 10.8. The van der Waals surface area contributed by atoms with Crippen molar-refractivity contribution in [3.8, 4) is 11.5 Å². The normalized spacial score (nSPS) is 11.8. The number of aromatic carboxylic acids is 1. The summed E-state index contributed by atoms with van der Waals surface area (Å²) in [5, 5.41) is 12.1. The maximum Gasteiger partial charge on any atom is 0.335 e. The van der Waals surface area contributed by atoms with Crippen molar-refractivity contribution in [1.29, 1.82) is 0 Å². The summed E-state index contributed by atoms with van der Waals surface area (Å²) < 4.78 is 11.5. The fraction of sp³-hybridized carbons (Fsp3) is 0.200. The lowest BCUT2D eigenvalue weighted by atomic mass is 10.1. The zero-order valence-electron chi connectivity index (χ0n) is 19.7. The summed E-state index contributed by atoms with van der Waals surface area (Å²) in [4.78, 5) is 53.1. The molecular formula is C25H23N3O7S. The molecule has 0 aliphatic heterocycles. The monoisotopic (exact) mass is 509 g/mol. The highest BCUT2D eigenvalue weighted by molar-refractivity contribution is 7.20. The molecule has 0 aliphatic carbocycles. The Balaban J connectivity index is 1.59. The van der Waals surface area contributed by atoms with Crippen molar-refractivity contribution in [3.63, 3.8) is 0 Å². The summed E-state index contributed by atoms with van der Waals surface area (Å²) in [7, 11) is 3.06. The number of rotatable bonds is 8. The van der Waals surface area contributed by atoms with Crippen molar-refractivity contribution < 1.29 is 24.2 Å². The largest absolute Gasteiger partial charge is 0.493 e. The van der Waals surface area contributed by atoms with Crippen LogP contribution in [0.15, 0.2) is 58.1 Å². The van der Waals surface area contributed by atoms with E-state index in [1.54, 1.807) is 37.3 Å². The van der Waals surface area contributed by atoms with Gasteiger partial charge in [-0.15, -0.1) is 11.3 Å². The molecule has 0 bridgehead atoms. The Kier molecular flexibility index (Phi) is 6.93. The van der Waals surface area contributed by atoms with Crippen LogP contribution in [-0.4, -0.2) is 40.8 Å². The number of hydrogen-bond donors (Lipinski definition) is 3. The molecule has 1 amide bonds. The van der Waals surface area contributed by atoms with E-state index in [0.717, 1.165) is 21.5 Å². The molecule has 2 heterocycles. The number of carbonyl (C=O) groups excluding carboxylic acids is 1. The van der Waals surface area contributed by atoms with E-state index >= 15 is 0 Å². The second kappa shape index (κ2) is 10.1. The van der Waals surface area contributed by atoms with Crippen LogP contribution in [0.3, 0.4) is 0 Å². The van der Waals surface area contributed by atoms with Gasteiger partial charge in [-0.3, -0.25) is 19.1 Å². The van der Waals surface area contributed by atoms with Crippen molar-refractivity contribution in [2.45, 2.75) is 19.5 Å². The molecule has 2 aromatic heterocycles. The molecule has 0 radical (unpaired) electrons. The summed E-state index contributed by atoms with van der Waals surface area (Å²) in [6, 6.07) is 12.0. The molecular weight excluding hydrogens is 486 g/mol. The lowest BCUT2D eigenvalue weighted by Crippen LogP contribution is -2.37. The maximum atomic E-state index is 13.2. The Labute approximate surface area is 208 Å². The van der Waals surface area contributed by atoms with Gasteiger partial charge in [0.05, 0.1) is 36.1 Å². The molecule has 4 aromatic rings. The summed E-state index contributed by atoms with van der Waals surface area (Å²) in [5.41, 5.74) is 0.320. The number of carboxylic acid groups (broad SMARTS) is 1. The minimum Gasteiger partial charge on any atom is -0.493 e. The molecule has 11 heteroatoms. The van der Waals surface area contributed by atoms with Crippen molar-refractivity contribution in [2.75, 3.05) is 14.2 Å². The zero-order valence-corrected chi connectivity index (χ0v) is 20.5. The van der Waals surface area contributed by atoms with E-state index in [1.807, 2.05) is 0 Å². The van der Waals surface area contributed by atoms with Crippen molar-refractivity contribution in [2.24, 2.45) is 0 Å². The van der Waals surface area contributed by atoms with Gasteiger partial charge in [0.15, 0.2) is 11.5 Å². The van der Waals surface area contributed by atoms with Crippen LogP contribution >= 0.6 is 11.3 Å². The minimum absolute atomic E-state index is 0.101. The zero-order chi connectivity index (χ0) is 26.0. The maximum absolute atomic E-state index is 13.2. The summed E-state index contributed by atoms with van der Waals surface area (Å²) in [5.74, 6) is -0.351. The van der Waals surface area contributed by atoms with Crippen LogP contribution in [0.1, 0.15) is 44.1 Å². The number of nitrogens with zero attached hydrogens (tertiary/aromatic N) is 1. The molecule has 0 fully saturated rings. The van der Waals surface area contributed by atoms with Crippen LogP contribution in [0.4, 0.5) is 0 Å². The molecule has 0 spiro atoms. The lowest BCUT2D eigenvalue weighted by molar-refractivity contribution is 0.0696. The number of H-pyrrole nitrogens is 1. The number of ether oxygens (including phenoxy) is 2. The van der Waals surface area contributed by atoms with Gasteiger partial charge in [0.1, 0.15) is 4.83 Å².